The smallest absolute Gasteiger partial charge is 0.326 e. The van der Waals surface area contributed by atoms with E-state index in [1.54, 1.807) is 0 Å². The van der Waals surface area contributed by atoms with Gasteiger partial charge in [-0.15, -0.1) is 0 Å². The highest BCUT2D eigenvalue weighted by atomic mass is 16.5. The lowest BCUT2D eigenvalue weighted by molar-refractivity contribution is 0.188. The molecule has 0 bridgehead atoms. The summed E-state index contributed by atoms with van der Waals surface area (Å²) in [4.78, 5) is 15.0. The molecule has 4 rings (SSSR count). The summed E-state index contributed by atoms with van der Waals surface area (Å²) in [5.74, 6) is 0.791. The van der Waals surface area contributed by atoms with Crippen molar-refractivity contribution in [2.45, 2.75) is 52.1 Å². The molecule has 2 aromatic carbocycles. The number of hydrogen-bond acceptors (Lipinski definition) is 2. The van der Waals surface area contributed by atoms with Gasteiger partial charge < -0.3 is 10.1 Å². The van der Waals surface area contributed by atoms with Gasteiger partial charge in [0, 0.05) is 5.69 Å². The zero-order valence-electron chi connectivity index (χ0n) is 15.5. The highest BCUT2D eigenvalue weighted by molar-refractivity contribution is 6.03. The standard InChI is InChI=1S/C22H26N2O2/c1-3-17-14-24(20-13-15(2)11-12-21(20)26-17)22(25)23-19-10-6-8-16-7-4-5-9-18(16)19/h6,8,10-13,17H,3-5,7,9,14H2,1-2H3,(H,23,25)/t17-/m1/s1. The number of carbonyl (C=O) groups excluding carboxylic acids is 1. The van der Waals surface area contributed by atoms with Crippen LogP contribution in [0, 0.1) is 6.92 Å². The molecule has 1 atom stereocenters. The Hall–Kier alpha value is -2.49. The lowest BCUT2D eigenvalue weighted by Gasteiger charge is -2.35. The number of benzene rings is 2. The van der Waals surface area contributed by atoms with Gasteiger partial charge in [-0.2, -0.15) is 0 Å². The first-order chi connectivity index (χ1) is 12.7. The number of urea groups is 1. The van der Waals surface area contributed by atoms with E-state index in [9.17, 15) is 4.79 Å². The molecule has 26 heavy (non-hydrogen) atoms. The van der Waals surface area contributed by atoms with Crippen molar-refractivity contribution in [1.29, 1.82) is 0 Å². The van der Waals surface area contributed by atoms with Gasteiger partial charge in [0.1, 0.15) is 11.9 Å². The molecule has 0 spiro atoms. The Bertz CT molecular complexity index is 831. The molecule has 1 aliphatic heterocycles. The lowest BCUT2D eigenvalue weighted by atomic mass is 9.90. The van der Waals surface area contributed by atoms with E-state index in [1.165, 1.54) is 24.0 Å². The van der Waals surface area contributed by atoms with E-state index in [2.05, 4.69) is 18.3 Å². The van der Waals surface area contributed by atoms with Crippen molar-refractivity contribution in [3.05, 3.63) is 53.1 Å². The van der Waals surface area contributed by atoms with Crippen molar-refractivity contribution < 1.29 is 9.53 Å². The number of nitrogens with one attached hydrogen (secondary N) is 1. The van der Waals surface area contributed by atoms with Crippen LogP contribution in [0.2, 0.25) is 0 Å². The maximum Gasteiger partial charge on any atom is 0.326 e. The molecule has 1 N–H and O–H groups in total. The van der Waals surface area contributed by atoms with Gasteiger partial charge in [-0.25, -0.2) is 4.79 Å². The van der Waals surface area contributed by atoms with Crippen molar-refractivity contribution in [3.8, 4) is 5.75 Å². The van der Waals surface area contributed by atoms with Gasteiger partial charge in [0.2, 0.25) is 0 Å². The summed E-state index contributed by atoms with van der Waals surface area (Å²) in [6.45, 7) is 4.71. The second-order valence-electron chi connectivity index (χ2n) is 7.31. The summed E-state index contributed by atoms with van der Waals surface area (Å²) < 4.78 is 6.04. The predicted molar refractivity (Wildman–Crippen MR) is 105 cm³/mol. The molecule has 136 valence electrons. The molecule has 1 heterocycles. The van der Waals surface area contributed by atoms with Gasteiger partial charge in [0.25, 0.3) is 0 Å². The minimum atomic E-state index is -0.0717. The van der Waals surface area contributed by atoms with Crippen LogP contribution in [0.25, 0.3) is 0 Å². The highest BCUT2D eigenvalue weighted by Crippen LogP contribution is 2.36. The Morgan fingerprint density at radius 1 is 1.23 bits per heavy atom. The molecule has 0 unspecified atom stereocenters. The molecule has 2 amide bonds. The van der Waals surface area contributed by atoms with Crippen LogP contribution in [0.4, 0.5) is 16.2 Å². The fourth-order valence-electron chi connectivity index (χ4n) is 3.94. The fraction of sp³-hybridized carbons (Fsp3) is 0.409. The van der Waals surface area contributed by atoms with E-state index in [0.29, 0.717) is 6.54 Å². The number of rotatable bonds is 2. The summed E-state index contributed by atoms with van der Waals surface area (Å²) in [7, 11) is 0. The van der Waals surface area contributed by atoms with Gasteiger partial charge >= 0.3 is 6.03 Å². The highest BCUT2D eigenvalue weighted by Gasteiger charge is 2.29. The Morgan fingerprint density at radius 3 is 2.92 bits per heavy atom. The second kappa shape index (κ2) is 7.02. The molecule has 2 aromatic rings. The summed E-state index contributed by atoms with van der Waals surface area (Å²) in [5.41, 5.74) is 5.62. The van der Waals surface area contributed by atoms with E-state index in [-0.39, 0.29) is 12.1 Å². The van der Waals surface area contributed by atoms with Crippen LogP contribution in [0.1, 0.15) is 42.9 Å². The van der Waals surface area contributed by atoms with Crippen LogP contribution in [0.3, 0.4) is 0 Å². The van der Waals surface area contributed by atoms with Crippen LogP contribution in [-0.2, 0) is 12.8 Å². The third kappa shape index (κ3) is 3.16. The zero-order valence-corrected chi connectivity index (χ0v) is 15.5. The molecule has 0 aromatic heterocycles. The minimum absolute atomic E-state index is 0.0284. The summed E-state index contributed by atoms with van der Waals surface area (Å²) >= 11 is 0. The van der Waals surface area contributed by atoms with E-state index in [4.69, 9.17) is 4.74 Å². The van der Waals surface area contributed by atoms with Crippen molar-refractivity contribution in [2.24, 2.45) is 0 Å². The van der Waals surface area contributed by atoms with E-state index in [0.717, 1.165) is 42.0 Å². The first-order valence-electron chi connectivity index (χ1n) is 9.62. The molecule has 4 nitrogen and oxygen atoms in total. The van der Waals surface area contributed by atoms with Gasteiger partial charge in [0.05, 0.1) is 12.2 Å². The molecule has 0 saturated carbocycles. The quantitative estimate of drug-likeness (QED) is 0.820. The number of amides is 2. The molecule has 2 aliphatic rings. The Kier molecular flexibility index (Phi) is 4.58. The third-order valence-electron chi connectivity index (χ3n) is 5.42. The fourth-order valence-corrected chi connectivity index (χ4v) is 3.94. The number of fused-ring (bicyclic) bond motifs is 2. The van der Waals surface area contributed by atoms with Crippen LogP contribution in [0.5, 0.6) is 5.75 Å². The van der Waals surface area contributed by atoms with Crippen molar-refractivity contribution in [1.82, 2.24) is 0 Å². The Labute approximate surface area is 155 Å². The number of anilines is 2. The van der Waals surface area contributed by atoms with Gasteiger partial charge in [-0.1, -0.05) is 25.1 Å². The average Bonchev–Trinajstić information content (AvgIpc) is 2.67. The van der Waals surface area contributed by atoms with Gasteiger partial charge in [-0.3, -0.25) is 4.90 Å². The average molecular weight is 350 g/mol. The Morgan fingerprint density at radius 2 is 2.08 bits per heavy atom. The molecule has 1 aliphatic carbocycles. The predicted octanol–water partition coefficient (Wildman–Crippen LogP) is 5.08. The summed E-state index contributed by atoms with van der Waals surface area (Å²) in [6, 6.07) is 12.2. The monoisotopic (exact) mass is 350 g/mol. The number of carbonyl (C=O) groups is 1. The summed E-state index contributed by atoms with van der Waals surface area (Å²) in [6.07, 6.45) is 5.48. The van der Waals surface area contributed by atoms with E-state index >= 15 is 0 Å². The molecule has 4 heteroatoms. The molecule has 0 fully saturated rings. The number of nitrogens with zero attached hydrogens (tertiary/aromatic N) is 1. The first-order valence-corrected chi connectivity index (χ1v) is 9.62. The SMILES string of the molecule is CC[C@@H]1CN(C(=O)Nc2cccc3c2CCCC3)c2cc(C)ccc2O1. The number of aryl methyl sites for hydroxylation is 2. The minimum Gasteiger partial charge on any atom is -0.486 e. The summed E-state index contributed by atoms with van der Waals surface area (Å²) in [5, 5.41) is 3.18. The third-order valence-corrected chi connectivity index (χ3v) is 5.42. The van der Waals surface area contributed by atoms with Crippen LogP contribution in [0.15, 0.2) is 36.4 Å². The van der Waals surface area contributed by atoms with E-state index in [1.807, 2.05) is 42.2 Å². The molecule has 0 radical (unpaired) electrons. The maximum atomic E-state index is 13.1. The van der Waals surface area contributed by atoms with Crippen LogP contribution in [-0.4, -0.2) is 18.7 Å². The molecule has 0 saturated heterocycles. The van der Waals surface area contributed by atoms with Gasteiger partial charge in [-0.05, 0) is 73.9 Å². The molecular formula is C22H26N2O2. The lowest BCUT2D eigenvalue weighted by Crippen LogP contribution is -2.45. The normalized spacial score (nSPS) is 18.5. The van der Waals surface area contributed by atoms with Crippen molar-refractivity contribution in [3.63, 3.8) is 0 Å². The van der Waals surface area contributed by atoms with Gasteiger partial charge in [0.15, 0.2) is 0 Å². The zero-order chi connectivity index (χ0) is 18.1. The van der Waals surface area contributed by atoms with Crippen molar-refractivity contribution in [2.75, 3.05) is 16.8 Å². The van der Waals surface area contributed by atoms with E-state index < -0.39 is 0 Å². The maximum absolute atomic E-state index is 13.1. The second-order valence-corrected chi connectivity index (χ2v) is 7.31. The molecular weight excluding hydrogens is 324 g/mol. The topological polar surface area (TPSA) is 41.6 Å². The number of hydrogen-bond donors (Lipinski definition) is 1. The van der Waals surface area contributed by atoms with Crippen molar-refractivity contribution >= 4 is 17.4 Å². The largest absolute Gasteiger partial charge is 0.486 e. The van der Waals surface area contributed by atoms with Crippen LogP contribution >= 0.6 is 0 Å². The van der Waals surface area contributed by atoms with Crippen LogP contribution < -0.4 is 15.0 Å². The number of ether oxygens (including phenoxy) is 1. The first kappa shape index (κ1) is 17.0. The Balaban J connectivity index is 1.63.